The summed E-state index contributed by atoms with van der Waals surface area (Å²) in [7, 11) is 0. The Morgan fingerprint density at radius 3 is 3.06 bits per heavy atom. The van der Waals surface area contributed by atoms with Crippen LogP contribution in [-0.4, -0.2) is 29.7 Å². The third-order valence-corrected chi connectivity index (χ3v) is 2.77. The zero-order chi connectivity index (χ0) is 11.2. The van der Waals surface area contributed by atoms with Crippen molar-refractivity contribution >= 4 is 0 Å². The first kappa shape index (κ1) is 11.5. The monoisotopic (exact) mass is 221 g/mol. The Morgan fingerprint density at radius 1 is 1.50 bits per heavy atom. The lowest BCUT2D eigenvalue weighted by Crippen LogP contribution is -2.24. The van der Waals surface area contributed by atoms with E-state index in [-0.39, 0.29) is 6.04 Å². The topological polar surface area (TPSA) is 47.0 Å². The van der Waals surface area contributed by atoms with E-state index in [1.807, 2.05) is 0 Å². The van der Waals surface area contributed by atoms with Gasteiger partial charge in [-0.2, -0.15) is 0 Å². The van der Waals surface area contributed by atoms with Gasteiger partial charge in [-0.25, -0.2) is 0 Å². The van der Waals surface area contributed by atoms with Crippen molar-refractivity contribution in [3.63, 3.8) is 0 Å². The maximum Gasteiger partial charge on any atom is 0.0753 e. The second kappa shape index (κ2) is 5.92. The molecule has 4 nitrogen and oxygen atoms in total. The van der Waals surface area contributed by atoms with Gasteiger partial charge in [-0.05, 0) is 25.7 Å². The number of ether oxygens (including phenoxy) is 1. The molecule has 0 aliphatic heterocycles. The SMILES string of the molecule is CC(NCCOCC1CC1)c1cnccn1. The Hall–Kier alpha value is -1.00. The molecule has 1 aromatic heterocycles. The summed E-state index contributed by atoms with van der Waals surface area (Å²) in [5.41, 5.74) is 0.977. The summed E-state index contributed by atoms with van der Waals surface area (Å²) in [6, 6.07) is 0.234. The molecule has 1 heterocycles. The van der Waals surface area contributed by atoms with Crippen LogP contribution >= 0.6 is 0 Å². The molecule has 0 saturated heterocycles. The molecule has 1 aliphatic carbocycles. The zero-order valence-corrected chi connectivity index (χ0v) is 9.72. The van der Waals surface area contributed by atoms with Crippen LogP contribution in [0.4, 0.5) is 0 Å². The first-order chi connectivity index (χ1) is 7.86. The van der Waals surface area contributed by atoms with Gasteiger partial charge in [0.2, 0.25) is 0 Å². The van der Waals surface area contributed by atoms with Crippen molar-refractivity contribution in [2.75, 3.05) is 19.8 Å². The summed E-state index contributed by atoms with van der Waals surface area (Å²) >= 11 is 0. The fourth-order valence-electron chi connectivity index (χ4n) is 1.52. The predicted molar refractivity (Wildman–Crippen MR) is 62.0 cm³/mol. The first-order valence-electron chi connectivity index (χ1n) is 5.93. The molecular weight excluding hydrogens is 202 g/mol. The molecule has 0 aromatic carbocycles. The number of nitrogens with one attached hydrogen (secondary N) is 1. The van der Waals surface area contributed by atoms with Crippen LogP contribution in [0.5, 0.6) is 0 Å². The molecular formula is C12H19N3O. The highest BCUT2D eigenvalue weighted by Crippen LogP contribution is 2.28. The van der Waals surface area contributed by atoms with Crippen molar-refractivity contribution in [3.8, 4) is 0 Å². The molecule has 2 rings (SSSR count). The van der Waals surface area contributed by atoms with Crippen LogP contribution in [0.1, 0.15) is 31.5 Å². The molecule has 0 spiro atoms. The summed E-state index contributed by atoms with van der Waals surface area (Å²) in [5, 5.41) is 3.37. The highest BCUT2D eigenvalue weighted by Gasteiger charge is 2.20. The van der Waals surface area contributed by atoms with Crippen molar-refractivity contribution in [2.24, 2.45) is 5.92 Å². The van der Waals surface area contributed by atoms with E-state index < -0.39 is 0 Å². The van der Waals surface area contributed by atoms with Crippen molar-refractivity contribution in [1.82, 2.24) is 15.3 Å². The minimum absolute atomic E-state index is 0.234. The van der Waals surface area contributed by atoms with E-state index in [4.69, 9.17) is 4.74 Å². The normalized spacial score (nSPS) is 17.3. The fourth-order valence-corrected chi connectivity index (χ4v) is 1.52. The second-order valence-electron chi connectivity index (χ2n) is 4.32. The van der Waals surface area contributed by atoms with Gasteiger partial charge in [-0.3, -0.25) is 9.97 Å². The van der Waals surface area contributed by atoms with Gasteiger partial charge < -0.3 is 10.1 Å². The van der Waals surface area contributed by atoms with Crippen molar-refractivity contribution in [1.29, 1.82) is 0 Å². The second-order valence-corrected chi connectivity index (χ2v) is 4.32. The van der Waals surface area contributed by atoms with E-state index >= 15 is 0 Å². The van der Waals surface area contributed by atoms with Crippen LogP contribution in [-0.2, 0) is 4.74 Å². The van der Waals surface area contributed by atoms with Crippen LogP contribution in [0, 0.1) is 5.92 Å². The Kier molecular flexibility index (Phi) is 4.25. The molecule has 88 valence electrons. The third kappa shape index (κ3) is 3.87. The van der Waals surface area contributed by atoms with E-state index in [0.29, 0.717) is 0 Å². The van der Waals surface area contributed by atoms with Gasteiger partial charge in [-0.15, -0.1) is 0 Å². The minimum atomic E-state index is 0.234. The molecule has 0 amide bonds. The number of hydrogen-bond acceptors (Lipinski definition) is 4. The number of nitrogens with zero attached hydrogens (tertiary/aromatic N) is 2. The van der Waals surface area contributed by atoms with Crippen molar-refractivity contribution in [3.05, 3.63) is 24.3 Å². The molecule has 4 heteroatoms. The van der Waals surface area contributed by atoms with Gasteiger partial charge in [0.1, 0.15) is 0 Å². The molecule has 1 unspecified atom stereocenters. The molecule has 1 fully saturated rings. The van der Waals surface area contributed by atoms with E-state index in [0.717, 1.165) is 31.4 Å². The van der Waals surface area contributed by atoms with Crippen LogP contribution in [0.15, 0.2) is 18.6 Å². The molecule has 0 radical (unpaired) electrons. The molecule has 0 bridgehead atoms. The van der Waals surface area contributed by atoms with Crippen molar-refractivity contribution < 1.29 is 4.74 Å². The third-order valence-electron chi connectivity index (χ3n) is 2.77. The molecule has 1 aromatic rings. The summed E-state index contributed by atoms with van der Waals surface area (Å²) in [5.74, 6) is 0.845. The van der Waals surface area contributed by atoms with Crippen molar-refractivity contribution in [2.45, 2.75) is 25.8 Å². The van der Waals surface area contributed by atoms with Crippen LogP contribution in [0.2, 0.25) is 0 Å². The summed E-state index contributed by atoms with van der Waals surface area (Å²) in [4.78, 5) is 8.30. The highest BCUT2D eigenvalue weighted by molar-refractivity contribution is 5.00. The minimum Gasteiger partial charge on any atom is -0.380 e. The Labute approximate surface area is 96.4 Å². The quantitative estimate of drug-likeness (QED) is 0.710. The average molecular weight is 221 g/mol. The Morgan fingerprint density at radius 2 is 2.38 bits per heavy atom. The van der Waals surface area contributed by atoms with E-state index in [2.05, 4.69) is 22.2 Å². The van der Waals surface area contributed by atoms with Gasteiger partial charge >= 0.3 is 0 Å². The molecule has 16 heavy (non-hydrogen) atoms. The maximum atomic E-state index is 5.55. The first-order valence-corrected chi connectivity index (χ1v) is 5.93. The smallest absolute Gasteiger partial charge is 0.0753 e. The Bertz CT molecular complexity index is 300. The molecule has 1 N–H and O–H groups in total. The standard InChI is InChI=1S/C12H19N3O/c1-10(12-8-13-4-5-15-12)14-6-7-16-9-11-2-3-11/h4-5,8,10-11,14H,2-3,6-7,9H2,1H3. The number of hydrogen-bond donors (Lipinski definition) is 1. The highest BCUT2D eigenvalue weighted by atomic mass is 16.5. The molecule has 1 saturated carbocycles. The number of rotatable bonds is 7. The molecule has 1 aliphatic rings. The summed E-state index contributed by atoms with van der Waals surface area (Å²) in [6.45, 7) is 4.66. The molecule has 1 atom stereocenters. The van der Waals surface area contributed by atoms with E-state index in [1.165, 1.54) is 12.8 Å². The van der Waals surface area contributed by atoms with E-state index in [1.54, 1.807) is 18.6 Å². The fraction of sp³-hybridized carbons (Fsp3) is 0.667. The zero-order valence-electron chi connectivity index (χ0n) is 9.72. The predicted octanol–water partition coefficient (Wildman–Crippen LogP) is 1.55. The van der Waals surface area contributed by atoms with Gasteiger partial charge in [-0.1, -0.05) is 0 Å². The number of aromatic nitrogens is 2. The average Bonchev–Trinajstić information content (AvgIpc) is 3.13. The maximum absolute atomic E-state index is 5.55. The lowest BCUT2D eigenvalue weighted by Gasteiger charge is -2.12. The lowest BCUT2D eigenvalue weighted by atomic mass is 10.2. The van der Waals surface area contributed by atoms with Crippen LogP contribution < -0.4 is 5.32 Å². The van der Waals surface area contributed by atoms with E-state index in [9.17, 15) is 0 Å². The van der Waals surface area contributed by atoms with Gasteiger partial charge in [0.15, 0.2) is 0 Å². The largest absolute Gasteiger partial charge is 0.380 e. The summed E-state index contributed by atoms with van der Waals surface area (Å²) in [6.07, 6.45) is 7.90. The van der Waals surface area contributed by atoms with Gasteiger partial charge in [0.25, 0.3) is 0 Å². The van der Waals surface area contributed by atoms with Gasteiger partial charge in [0, 0.05) is 37.8 Å². The van der Waals surface area contributed by atoms with Crippen LogP contribution in [0.25, 0.3) is 0 Å². The summed E-state index contributed by atoms with van der Waals surface area (Å²) < 4.78 is 5.55. The lowest BCUT2D eigenvalue weighted by molar-refractivity contribution is 0.124. The van der Waals surface area contributed by atoms with Crippen LogP contribution in [0.3, 0.4) is 0 Å². The Balaban J connectivity index is 1.58. The van der Waals surface area contributed by atoms with Gasteiger partial charge in [0.05, 0.1) is 12.3 Å².